The smallest absolute Gasteiger partial charge is 0.140 e. The lowest BCUT2D eigenvalue weighted by molar-refractivity contribution is 0.126. The van der Waals surface area contributed by atoms with Crippen molar-refractivity contribution in [3.05, 3.63) is 65.1 Å². The second kappa shape index (κ2) is 10.3. The van der Waals surface area contributed by atoms with Crippen LogP contribution in [-0.2, 0) is 11.3 Å². The Morgan fingerprint density at radius 2 is 1.83 bits per heavy atom. The third-order valence-corrected chi connectivity index (χ3v) is 5.25. The van der Waals surface area contributed by atoms with Gasteiger partial charge in [-0.05, 0) is 50.3 Å². The molecule has 2 aromatic rings. The summed E-state index contributed by atoms with van der Waals surface area (Å²) in [4.78, 5) is 4.66. The van der Waals surface area contributed by atoms with Crippen molar-refractivity contribution in [2.75, 3.05) is 13.7 Å². The molecule has 4 N–H and O–H groups in total. The minimum Gasteiger partial charge on any atom is -0.489 e. The Bertz CT molecular complexity index is 815. The van der Waals surface area contributed by atoms with Gasteiger partial charge in [-0.15, -0.1) is 0 Å². The van der Waals surface area contributed by atoms with Gasteiger partial charge in [0, 0.05) is 7.05 Å². The van der Waals surface area contributed by atoms with Gasteiger partial charge in [0.15, 0.2) is 0 Å². The van der Waals surface area contributed by atoms with Gasteiger partial charge in [0.05, 0.1) is 42.1 Å². The van der Waals surface area contributed by atoms with Crippen molar-refractivity contribution in [3.63, 3.8) is 0 Å². The highest BCUT2D eigenvalue weighted by molar-refractivity contribution is 5.63. The van der Waals surface area contributed by atoms with Gasteiger partial charge >= 0.3 is 0 Å². The van der Waals surface area contributed by atoms with E-state index in [0.717, 1.165) is 29.8 Å². The molecule has 29 heavy (non-hydrogen) atoms. The largest absolute Gasteiger partial charge is 0.489 e. The predicted molar refractivity (Wildman–Crippen MR) is 116 cm³/mol. The molecule has 1 aliphatic rings. The molecule has 0 aliphatic heterocycles. The number of aromatic nitrogens is 1. The van der Waals surface area contributed by atoms with Crippen LogP contribution >= 0.6 is 0 Å². The number of nitrogens with two attached hydrogens (primary N) is 2. The monoisotopic (exact) mass is 396 g/mol. The Morgan fingerprint density at radius 3 is 2.48 bits per heavy atom. The molecular formula is C23H32N4O2. The molecule has 156 valence electrons. The number of ether oxygens (including phenoxy) is 2. The van der Waals surface area contributed by atoms with E-state index in [2.05, 4.69) is 4.98 Å². The quantitative estimate of drug-likeness (QED) is 0.522. The molecule has 1 aromatic carbocycles. The average molecular weight is 397 g/mol. The molecule has 0 atom stereocenters. The second-order valence-electron chi connectivity index (χ2n) is 7.61. The van der Waals surface area contributed by atoms with Gasteiger partial charge < -0.3 is 20.2 Å². The molecule has 0 amide bonds. The first-order valence-electron chi connectivity index (χ1n) is 10.3. The van der Waals surface area contributed by atoms with Gasteiger partial charge in [-0.3, -0.25) is 0 Å². The van der Waals surface area contributed by atoms with Crippen LogP contribution in [0.5, 0.6) is 5.75 Å². The Balaban J connectivity index is 1.69. The summed E-state index contributed by atoms with van der Waals surface area (Å²) in [5, 5.41) is 1.49. The van der Waals surface area contributed by atoms with Gasteiger partial charge in [0.1, 0.15) is 5.75 Å². The van der Waals surface area contributed by atoms with E-state index in [1.807, 2.05) is 49.4 Å². The van der Waals surface area contributed by atoms with E-state index in [0.29, 0.717) is 36.4 Å². The fourth-order valence-corrected chi connectivity index (χ4v) is 3.54. The number of benzene rings is 1. The minimum absolute atomic E-state index is 0.292. The van der Waals surface area contributed by atoms with Crippen LogP contribution in [0.3, 0.4) is 0 Å². The van der Waals surface area contributed by atoms with E-state index in [-0.39, 0.29) is 0 Å². The molecule has 6 nitrogen and oxygen atoms in total. The Kier molecular flexibility index (Phi) is 7.49. The van der Waals surface area contributed by atoms with E-state index in [4.69, 9.17) is 21.1 Å². The molecule has 1 fully saturated rings. The topological polar surface area (TPSA) is 86.6 Å². The Labute approximate surface area is 173 Å². The molecule has 1 aromatic heterocycles. The third-order valence-electron chi connectivity index (χ3n) is 5.25. The average Bonchev–Trinajstić information content (AvgIpc) is 2.73. The summed E-state index contributed by atoms with van der Waals surface area (Å²) in [5.41, 5.74) is 10.2. The van der Waals surface area contributed by atoms with Crippen molar-refractivity contribution in [1.29, 1.82) is 0 Å². The molecule has 0 unspecified atom stereocenters. The molecule has 0 bridgehead atoms. The van der Waals surface area contributed by atoms with E-state index in [1.165, 1.54) is 24.3 Å². The molecule has 0 saturated heterocycles. The van der Waals surface area contributed by atoms with Crippen molar-refractivity contribution < 1.29 is 9.47 Å². The van der Waals surface area contributed by atoms with Gasteiger partial charge in [0.25, 0.3) is 0 Å². The van der Waals surface area contributed by atoms with Gasteiger partial charge in [-0.1, -0.05) is 36.8 Å². The highest BCUT2D eigenvalue weighted by Crippen LogP contribution is 2.26. The Hall–Kier alpha value is -2.57. The van der Waals surface area contributed by atoms with Gasteiger partial charge in [-0.25, -0.2) is 10.8 Å². The first kappa shape index (κ1) is 21.1. The summed E-state index contributed by atoms with van der Waals surface area (Å²) in [6.45, 7) is 2.74. The zero-order chi connectivity index (χ0) is 20.6. The zero-order valence-electron chi connectivity index (χ0n) is 17.4. The minimum atomic E-state index is 0.292. The van der Waals surface area contributed by atoms with E-state index in [1.54, 1.807) is 7.05 Å². The van der Waals surface area contributed by atoms with Crippen molar-refractivity contribution in [2.45, 2.75) is 51.7 Å². The molecule has 1 aliphatic carbocycles. The number of pyridine rings is 1. The number of hydrazine groups is 1. The number of rotatable bonds is 8. The summed E-state index contributed by atoms with van der Waals surface area (Å²) in [6, 6.07) is 13.9. The molecule has 3 rings (SSSR count). The maximum Gasteiger partial charge on any atom is 0.140 e. The summed E-state index contributed by atoms with van der Waals surface area (Å²) < 4.78 is 12.0. The third kappa shape index (κ3) is 5.95. The van der Waals surface area contributed by atoms with Crippen LogP contribution in [0.15, 0.2) is 48.2 Å². The van der Waals surface area contributed by atoms with Crippen molar-refractivity contribution in [1.82, 2.24) is 9.99 Å². The number of hydrogen-bond acceptors (Lipinski definition) is 6. The Morgan fingerprint density at radius 1 is 1.10 bits per heavy atom. The van der Waals surface area contributed by atoms with Crippen LogP contribution in [0.2, 0.25) is 0 Å². The van der Waals surface area contributed by atoms with E-state index in [9.17, 15) is 0 Å². The highest BCUT2D eigenvalue weighted by Gasteiger charge is 2.17. The number of likely N-dealkylation sites (N-methyl/N-ethyl adjacent to an activating group) is 1. The maximum absolute atomic E-state index is 6.40. The second-order valence-corrected chi connectivity index (χ2v) is 7.61. The lowest BCUT2D eigenvalue weighted by atomic mass is 9.98. The van der Waals surface area contributed by atoms with Crippen LogP contribution in [0.25, 0.3) is 5.70 Å². The lowest BCUT2D eigenvalue weighted by Gasteiger charge is -2.24. The van der Waals surface area contributed by atoms with Crippen LogP contribution in [0, 0.1) is 6.92 Å². The number of hydrogen-bond donors (Lipinski definition) is 2. The normalized spacial score (nSPS) is 15.7. The summed E-state index contributed by atoms with van der Waals surface area (Å²) in [6.07, 6.45) is 6.30. The predicted octanol–water partition coefficient (Wildman–Crippen LogP) is 3.75. The maximum atomic E-state index is 6.40. The molecule has 1 saturated carbocycles. The number of aryl methyl sites for hydroxylation is 1. The van der Waals surface area contributed by atoms with E-state index < -0.39 is 0 Å². The van der Waals surface area contributed by atoms with Crippen LogP contribution in [0.4, 0.5) is 0 Å². The van der Waals surface area contributed by atoms with Crippen LogP contribution in [0.1, 0.15) is 49.1 Å². The number of nitrogens with zero attached hydrogens (tertiary/aromatic N) is 2. The molecule has 6 heteroatoms. The highest BCUT2D eigenvalue weighted by atomic mass is 16.5. The van der Waals surface area contributed by atoms with Crippen molar-refractivity contribution in [3.8, 4) is 5.75 Å². The SMILES string of the molecule is Cc1nc(/C(N)=C(\COCc2ccccc2)N(C)N)ccc1OC1CCCCC1. The summed E-state index contributed by atoms with van der Waals surface area (Å²) >= 11 is 0. The standard InChI is InChI=1S/C23H32N4O2/c1-17-22(29-19-11-7-4-8-12-19)14-13-20(26-17)23(24)21(27(2)25)16-28-15-18-9-5-3-6-10-18/h3,5-6,9-10,13-14,19H,4,7-8,11-12,15-16,24-25H2,1-2H3/b23-21-. The molecule has 0 spiro atoms. The molecule has 0 radical (unpaired) electrons. The molecular weight excluding hydrogens is 364 g/mol. The van der Waals surface area contributed by atoms with Crippen molar-refractivity contribution in [2.24, 2.45) is 11.6 Å². The van der Waals surface area contributed by atoms with Gasteiger partial charge in [-0.2, -0.15) is 0 Å². The summed E-state index contributed by atoms with van der Waals surface area (Å²) in [7, 11) is 1.75. The van der Waals surface area contributed by atoms with Crippen LogP contribution in [-0.4, -0.2) is 29.8 Å². The summed E-state index contributed by atoms with van der Waals surface area (Å²) in [5.74, 6) is 6.84. The molecule has 1 heterocycles. The first-order valence-corrected chi connectivity index (χ1v) is 10.3. The fourth-order valence-electron chi connectivity index (χ4n) is 3.54. The zero-order valence-corrected chi connectivity index (χ0v) is 17.4. The van der Waals surface area contributed by atoms with Crippen LogP contribution < -0.4 is 16.3 Å². The lowest BCUT2D eigenvalue weighted by Crippen LogP contribution is -2.30. The van der Waals surface area contributed by atoms with Gasteiger partial charge in [0.2, 0.25) is 0 Å². The van der Waals surface area contributed by atoms with Crippen molar-refractivity contribution >= 4 is 5.70 Å². The van der Waals surface area contributed by atoms with E-state index >= 15 is 0 Å². The fraction of sp³-hybridized carbons (Fsp3) is 0.435. The first-order chi connectivity index (χ1) is 14.0.